The highest BCUT2D eigenvalue weighted by molar-refractivity contribution is 6.31. The normalized spacial score (nSPS) is 19.4. The Kier molecular flexibility index (Phi) is 5.06. The fourth-order valence-electron chi connectivity index (χ4n) is 2.79. The van der Waals surface area contributed by atoms with Gasteiger partial charge in [0, 0.05) is 12.2 Å². The number of nitrogens with one attached hydrogen (secondary N) is 1. The van der Waals surface area contributed by atoms with Gasteiger partial charge < -0.3 is 10.2 Å². The quantitative estimate of drug-likeness (QED) is 0.855. The lowest BCUT2D eigenvalue weighted by molar-refractivity contribution is 0.183. The number of halogens is 1. The zero-order valence-electron chi connectivity index (χ0n) is 12.1. The van der Waals surface area contributed by atoms with E-state index in [-0.39, 0.29) is 0 Å². The second-order valence-electron chi connectivity index (χ2n) is 5.56. The van der Waals surface area contributed by atoms with Crippen LogP contribution in [0.15, 0.2) is 12.3 Å². The van der Waals surface area contributed by atoms with Gasteiger partial charge in [0.1, 0.15) is 0 Å². The van der Waals surface area contributed by atoms with Crippen LogP contribution in [0.5, 0.6) is 0 Å². The lowest BCUT2D eigenvalue weighted by atomic mass is 9.90. The van der Waals surface area contributed by atoms with Gasteiger partial charge in [-0.1, -0.05) is 18.5 Å². The Labute approximate surface area is 121 Å². The number of aromatic nitrogens is 1. The van der Waals surface area contributed by atoms with Crippen molar-refractivity contribution in [3.8, 4) is 0 Å². The van der Waals surface area contributed by atoms with Crippen molar-refractivity contribution in [2.75, 3.05) is 25.0 Å². The van der Waals surface area contributed by atoms with Gasteiger partial charge in [-0.2, -0.15) is 0 Å². The SMILES string of the molecule is CCN1CCC(C(C)Nc2cc(C)cnc2Cl)CC1. The van der Waals surface area contributed by atoms with Crippen LogP contribution in [0.25, 0.3) is 0 Å². The smallest absolute Gasteiger partial charge is 0.152 e. The van der Waals surface area contributed by atoms with Crippen LogP contribution < -0.4 is 5.32 Å². The zero-order valence-corrected chi connectivity index (χ0v) is 12.9. The van der Waals surface area contributed by atoms with Crippen LogP contribution in [-0.4, -0.2) is 35.6 Å². The number of hydrogen-bond donors (Lipinski definition) is 1. The lowest BCUT2D eigenvalue weighted by Crippen LogP contribution is -2.39. The molecule has 0 radical (unpaired) electrons. The van der Waals surface area contributed by atoms with Gasteiger partial charge >= 0.3 is 0 Å². The molecule has 1 saturated heterocycles. The van der Waals surface area contributed by atoms with Gasteiger partial charge in [0.2, 0.25) is 0 Å². The molecule has 2 heterocycles. The maximum absolute atomic E-state index is 6.14. The molecule has 19 heavy (non-hydrogen) atoms. The molecule has 2 rings (SSSR count). The van der Waals surface area contributed by atoms with Gasteiger partial charge in [-0.15, -0.1) is 0 Å². The first kappa shape index (κ1) is 14.6. The largest absolute Gasteiger partial charge is 0.380 e. The summed E-state index contributed by atoms with van der Waals surface area (Å²) in [6.45, 7) is 10.1. The third kappa shape index (κ3) is 3.83. The molecule has 0 amide bonds. The number of aryl methyl sites for hydroxylation is 1. The number of pyridine rings is 1. The Bertz CT molecular complexity index is 414. The Morgan fingerprint density at radius 1 is 1.47 bits per heavy atom. The van der Waals surface area contributed by atoms with E-state index in [2.05, 4.69) is 35.1 Å². The van der Waals surface area contributed by atoms with Crippen LogP contribution in [0, 0.1) is 12.8 Å². The molecule has 1 aliphatic heterocycles. The van der Waals surface area contributed by atoms with Crippen molar-refractivity contribution in [1.82, 2.24) is 9.88 Å². The highest BCUT2D eigenvalue weighted by Gasteiger charge is 2.23. The molecule has 3 nitrogen and oxygen atoms in total. The van der Waals surface area contributed by atoms with E-state index in [0.29, 0.717) is 11.2 Å². The second-order valence-corrected chi connectivity index (χ2v) is 5.91. The molecular formula is C15H24ClN3. The molecule has 1 aliphatic rings. The Hall–Kier alpha value is -0.800. The predicted molar refractivity (Wildman–Crippen MR) is 81.9 cm³/mol. The molecule has 0 saturated carbocycles. The van der Waals surface area contributed by atoms with Gasteiger partial charge in [-0.05, 0) is 63.9 Å². The summed E-state index contributed by atoms with van der Waals surface area (Å²) < 4.78 is 0. The van der Waals surface area contributed by atoms with Gasteiger partial charge in [0.05, 0.1) is 5.69 Å². The van der Waals surface area contributed by atoms with Crippen molar-refractivity contribution in [2.45, 2.75) is 39.7 Å². The Morgan fingerprint density at radius 3 is 2.79 bits per heavy atom. The van der Waals surface area contributed by atoms with Crippen LogP contribution in [-0.2, 0) is 0 Å². The number of hydrogen-bond acceptors (Lipinski definition) is 3. The van der Waals surface area contributed by atoms with Crippen LogP contribution in [0.1, 0.15) is 32.3 Å². The molecule has 1 N–H and O–H groups in total. The minimum atomic E-state index is 0.445. The summed E-state index contributed by atoms with van der Waals surface area (Å²) >= 11 is 6.14. The zero-order chi connectivity index (χ0) is 13.8. The van der Waals surface area contributed by atoms with Gasteiger partial charge in [0.25, 0.3) is 0 Å². The van der Waals surface area contributed by atoms with Crippen molar-refractivity contribution in [2.24, 2.45) is 5.92 Å². The summed E-state index contributed by atoms with van der Waals surface area (Å²) in [7, 11) is 0. The topological polar surface area (TPSA) is 28.2 Å². The third-order valence-corrected chi connectivity index (χ3v) is 4.45. The van der Waals surface area contributed by atoms with Gasteiger partial charge in [0.15, 0.2) is 5.15 Å². The predicted octanol–water partition coefficient (Wildman–Crippen LogP) is 3.58. The summed E-state index contributed by atoms with van der Waals surface area (Å²) in [5, 5.41) is 4.11. The average molecular weight is 282 g/mol. The second kappa shape index (κ2) is 6.58. The lowest BCUT2D eigenvalue weighted by Gasteiger charge is -2.35. The van der Waals surface area contributed by atoms with E-state index in [1.165, 1.54) is 32.5 Å². The molecular weight excluding hydrogens is 258 g/mol. The first-order valence-corrected chi connectivity index (χ1v) is 7.59. The van der Waals surface area contributed by atoms with Crippen LogP contribution in [0.2, 0.25) is 5.15 Å². The number of likely N-dealkylation sites (tertiary alicyclic amines) is 1. The van der Waals surface area contributed by atoms with Gasteiger partial charge in [-0.3, -0.25) is 0 Å². The van der Waals surface area contributed by atoms with Gasteiger partial charge in [-0.25, -0.2) is 4.98 Å². The van der Waals surface area contributed by atoms with Crippen molar-refractivity contribution >= 4 is 17.3 Å². The van der Waals surface area contributed by atoms with E-state index in [9.17, 15) is 0 Å². The van der Waals surface area contributed by atoms with Crippen LogP contribution in [0.3, 0.4) is 0 Å². The van der Waals surface area contributed by atoms with Crippen molar-refractivity contribution < 1.29 is 0 Å². The minimum Gasteiger partial charge on any atom is -0.380 e. The first-order chi connectivity index (χ1) is 9.10. The van der Waals surface area contributed by atoms with Crippen molar-refractivity contribution in [1.29, 1.82) is 0 Å². The molecule has 4 heteroatoms. The molecule has 106 valence electrons. The number of piperidine rings is 1. The summed E-state index contributed by atoms with van der Waals surface area (Å²) in [6, 6.07) is 2.52. The molecule has 1 aromatic rings. The fraction of sp³-hybridized carbons (Fsp3) is 0.667. The van der Waals surface area contributed by atoms with E-state index < -0.39 is 0 Å². The van der Waals surface area contributed by atoms with E-state index in [0.717, 1.165) is 17.2 Å². The summed E-state index contributed by atoms with van der Waals surface area (Å²) in [4.78, 5) is 6.72. The molecule has 0 spiro atoms. The van der Waals surface area contributed by atoms with Crippen molar-refractivity contribution in [3.63, 3.8) is 0 Å². The van der Waals surface area contributed by atoms with E-state index in [1.54, 1.807) is 6.20 Å². The van der Waals surface area contributed by atoms with E-state index in [1.807, 2.05) is 6.92 Å². The minimum absolute atomic E-state index is 0.445. The number of nitrogens with zero attached hydrogens (tertiary/aromatic N) is 2. The molecule has 1 atom stereocenters. The Balaban J connectivity index is 1.94. The molecule has 0 bridgehead atoms. The van der Waals surface area contributed by atoms with Crippen LogP contribution >= 0.6 is 11.6 Å². The third-order valence-electron chi connectivity index (χ3n) is 4.15. The highest BCUT2D eigenvalue weighted by atomic mass is 35.5. The fourth-order valence-corrected chi connectivity index (χ4v) is 2.94. The molecule has 1 unspecified atom stereocenters. The first-order valence-electron chi connectivity index (χ1n) is 7.21. The summed E-state index contributed by atoms with van der Waals surface area (Å²) in [5.41, 5.74) is 2.10. The number of rotatable bonds is 4. The summed E-state index contributed by atoms with van der Waals surface area (Å²) in [6.07, 6.45) is 4.33. The van der Waals surface area contributed by atoms with E-state index >= 15 is 0 Å². The molecule has 0 aromatic carbocycles. The molecule has 1 fully saturated rings. The number of anilines is 1. The maximum Gasteiger partial charge on any atom is 0.152 e. The highest BCUT2D eigenvalue weighted by Crippen LogP contribution is 2.26. The van der Waals surface area contributed by atoms with Crippen molar-refractivity contribution in [3.05, 3.63) is 23.0 Å². The molecule has 0 aliphatic carbocycles. The van der Waals surface area contributed by atoms with Crippen LogP contribution in [0.4, 0.5) is 5.69 Å². The molecule has 1 aromatic heterocycles. The Morgan fingerprint density at radius 2 is 2.16 bits per heavy atom. The maximum atomic E-state index is 6.14. The monoisotopic (exact) mass is 281 g/mol. The average Bonchev–Trinajstić information content (AvgIpc) is 2.43. The van der Waals surface area contributed by atoms with E-state index in [4.69, 9.17) is 11.6 Å². The summed E-state index contributed by atoms with van der Waals surface area (Å²) in [5.74, 6) is 0.722. The standard InChI is InChI=1S/C15H24ClN3/c1-4-19-7-5-13(6-8-19)12(3)18-14-9-11(2)10-17-15(14)16/h9-10,12-13,18H,4-8H2,1-3H3.